The lowest BCUT2D eigenvalue weighted by Crippen LogP contribution is -2.46. The zero-order valence-corrected chi connectivity index (χ0v) is 40.1. The predicted molar refractivity (Wildman–Crippen MR) is 259 cm³/mol. The Bertz CT molecular complexity index is 993. The molecule has 1 amide bonds. The molecule has 6 heteroatoms. The molecule has 0 aromatic heterocycles. The van der Waals surface area contributed by atoms with E-state index in [1.54, 1.807) is 0 Å². The lowest BCUT2D eigenvalue weighted by molar-refractivity contribution is -0.151. The van der Waals surface area contributed by atoms with E-state index in [0.29, 0.717) is 19.3 Å². The van der Waals surface area contributed by atoms with Gasteiger partial charge in [0.1, 0.15) is 6.10 Å². The number of carbonyl (C=O) groups excluding carboxylic acids is 2. The molecule has 6 nitrogen and oxygen atoms in total. The zero-order chi connectivity index (χ0) is 43.8. The molecule has 0 radical (unpaired) electrons. The fourth-order valence-electron chi connectivity index (χ4n) is 8.08. The van der Waals surface area contributed by atoms with Crippen LogP contribution in [0.4, 0.5) is 0 Å². The minimum Gasteiger partial charge on any atom is -0.462 e. The molecular formula is C54H101NO5. The van der Waals surface area contributed by atoms with Crippen molar-refractivity contribution < 1.29 is 24.5 Å². The van der Waals surface area contributed by atoms with Crippen LogP contribution >= 0.6 is 0 Å². The third-order valence-corrected chi connectivity index (χ3v) is 12.0. The Kier molecular flexibility index (Phi) is 46.6. The number of aliphatic hydroxyl groups is 2. The fourth-order valence-corrected chi connectivity index (χ4v) is 8.08. The van der Waals surface area contributed by atoms with E-state index in [9.17, 15) is 19.8 Å². The van der Waals surface area contributed by atoms with Gasteiger partial charge in [-0.15, -0.1) is 0 Å². The highest BCUT2D eigenvalue weighted by atomic mass is 16.5. The number of unbranched alkanes of at least 4 members (excludes halogenated alkanes) is 31. The first-order chi connectivity index (χ1) is 29.5. The summed E-state index contributed by atoms with van der Waals surface area (Å²) in [4.78, 5) is 26.1. The first-order valence-electron chi connectivity index (χ1n) is 26.2. The van der Waals surface area contributed by atoms with Gasteiger partial charge in [0.25, 0.3) is 0 Å². The van der Waals surface area contributed by atoms with E-state index < -0.39 is 18.2 Å². The van der Waals surface area contributed by atoms with Crippen molar-refractivity contribution in [2.24, 2.45) is 0 Å². The molecule has 3 unspecified atom stereocenters. The smallest absolute Gasteiger partial charge is 0.306 e. The number of allylic oxidation sites excluding steroid dienone is 6. The van der Waals surface area contributed by atoms with Crippen LogP contribution in [0.1, 0.15) is 271 Å². The van der Waals surface area contributed by atoms with E-state index in [1.807, 2.05) is 6.08 Å². The molecule has 0 aliphatic heterocycles. The summed E-state index contributed by atoms with van der Waals surface area (Å²) in [7, 11) is 0. The number of ether oxygens (including phenoxy) is 1. The Hall–Kier alpha value is -1.92. The molecule has 3 atom stereocenters. The Balaban J connectivity index is 4.50. The number of hydrogen-bond donors (Lipinski definition) is 3. The fraction of sp³-hybridized carbons (Fsp3) is 0.852. The predicted octanol–water partition coefficient (Wildman–Crippen LogP) is 15.7. The largest absolute Gasteiger partial charge is 0.462 e. The molecule has 352 valence electrons. The van der Waals surface area contributed by atoms with E-state index >= 15 is 0 Å². The second-order valence-corrected chi connectivity index (χ2v) is 18.0. The van der Waals surface area contributed by atoms with Gasteiger partial charge in [0.2, 0.25) is 5.91 Å². The number of hydrogen-bond acceptors (Lipinski definition) is 5. The average Bonchev–Trinajstić information content (AvgIpc) is 3.24. The van der Waals surface area contributed by atoms with Crippen LogP contribution in [0.5, 0.6) is 0 Å². The van der Waals surface area contributed by atoms with Gasteiger partial charge < -0.3 is 20.3 Å². The normalized spacial score (nSPS) is 13.5. The molecule has 0 aliphatic carbocycles. The Labute approximate surface area is 373 Å². The molecule has 0 saturated carbocycles. The SMILES string of the molecule is CC/C=C/C=C/C=C\CCCCCC(CC(=O)NC(CO)C(O)CCCCCCCCCCCCCCCCC)OC(=O)CCCCCCCCCCCCCCCCC. The van der Waals surface area contributed by atoms with Crippen molar-refractivity contribution in [3.05, 3.63) is 36.5 Å². The van der Waals surface area contributed by atoms with Gasteiger partial charge in [-0.3, -0.25) is 9.59 Å². The molecule has 0 fully saturated rings. The third kappa shape index (κ3) is 42.8. The van der Waals surface area contributed by atoms with Crippen LogP contribution in [0.2, 0.25) is 0 Å². The van der Waals surface area contributed by atoms with Crippen molar-refractivity contribution >= 4 is 11.9 Å². The van der Waals surface area contributed by atoms with Gasteiger partial charge in [-0.1, -0.05) is 250 Å². The molecule has 0 saturated heterocycles. The van der Waals surface area contributed by atoms with Crippen LogP contribution in [-0.4, -0.2) is 46.9 Å². The van der Waals surface area contributed by atoms with Crippen LogP contribution in [-0.2, 0) is 14.3 Å². The van der Waals surface area contributed by atoms with Crippen molar-refractivity contribution in [3.63, 3.8) is 0 Å². The summed E-state index contributed by atoms with van der Waals surface area (Å²) in [6.07, 6.45) is 56.4. The molecule has 0 aromatic rings. The molecular weight excluding hydrogens is 743 g/mol. The van der Waals surface area contributed by atoms with Gasteiger partial charge in [0, 0.05) is 6.42 Å². The lowest BCUT2D eigenvalue weighted by Gasteiger charge is -2.24. The van der Waals surface area contributed by atoms with Crippen molar-refractivity contribution in [2.45, 2.75) is 289 Å². The summed E-state index contributed by atoms with van der Waals surface area (Å²) >= 11 is 0. The van der Waals surface area contributed by atoms with E-state index in [2.05, 4.69) is 56.5 Å². The monoisotopic (exact) mass is 844 g/mol. The molecule has 60 heavy (non-hydrogen) atoms. The van der Waals surface area contributed by atoms with Gasteiger partial charge in [-0.25, -0.2) is 0 Å². The van der Waals surface area contributed by atoms with Gasteiger partial charge >= 0.3 is 5.97 Å². The number of carbonyl (C=O) groups is 2. The lowest BCUT2D eigenvalue weighted by atomic mass is 10.0. The highest BCUT2D eigenvalue weighted by molar-refractivity contribution is 5.77. The van der Waals surface area contributed by atoms with Gasteiger partial charge in [0.15, 0.2) is 0 Å². The summed E-state index contributed by atoms with van der Waals surface area (Å²) in [6.45, 7) is 6.36. The topological polar surface area (TPSA) is 95.9 Å². The maximum atomic E-state index is 13.2. The summed E-state index contributed by atoms with van der Waals surface area (Å²) < 4.78 is 5.91. The van der Waals surface area contributed by atoms with Crippen LogP contribution < -0.4 is 5.32 Å². The van der Waals surface area contributed by atoms with Crippen LogP contribution in [0.15, 0.2) is 36.5 Å². The van der Waals surface area contributed by atoms with Gasteiger partial charge in [0.05, 0.1) is 25.2 Å². The number of aliphatic hydroxyl groups excluding tert-OH is 2. The Morgan fingerprint density at radius 2 is 0.900 bits per heavy atom. The molecule has 0 aromatic carbocycles. The molecule has 0 spiro atoms. The second-order valence-electron chi connectivity index (χ2n) is 18.0. The summed E-state index contributed by atoms with van der Waals surface area (Å²) in [5, 5.41) is 23.8. The van der Waals surface area contributed by atoms with Crippen molar-refractivity contribution in [1.82, 2.24) is 5.32 Å². The van der Waals surface area contributed by atoms with E-state index in [4.69, 9.17) is 4.74 Å². The van der Waals surface area contributed by atoms with Crippen molar-refractivity contribution in [3.8, 4) is 0 Å². The summed E-state index contributed by atoms with van der Waals surface area (Å²) in [5.41, 5.74) is 0. The van der Waals surface area contributed by atoms with Crippen molar-refractivity contribution in [2.75, 3.05) is 6.61 Å². The number of rotatable bonds is 47. The van der Waals surface area contributed by atoms with Crippen LogP contribution in [0.25, 0.3) is 0 Å². The Morgan fingerprint density at radius 3 is 1.35 bits per heavy atom. The van der Waals surface area contributed by atoms with Crippen LogP contribution in [0, 0.1) is 0 Å². The number of esters is 1. The first-order valence-corrected chi connectivity index (χ1v) is 26.2. The number of amides is 1. The zero-order valence-electron chi connectivity index (χ0n) is 40.1. The van der Waals surface area contributed by atoms with Crippen molar-refractivity contribution in [1.29, 1.82) is 0 Å². The van der Waals surface area contributed by atoms with Gasteiger partial charge in [-0.05, 0) is 44.9 Å². The first kappa shape index (κ1) is 58.1. The van der Waals surface area contributed by atoms with Gasteiger partial charge in [-0.2, -0.15) is 0 Å². The molecule has 0 rings (SSSR count). The van der Waals surface area contributed by atoms with E-state index in [-0.39, 0.29) is 24.9 Å². The number of nitrogens with one attached hydrogen (secondary N) is 1. The summed E-state index contributed by atoms with van der Waals surface area (Å²) in [5.74, 6) is -0.498. The molecule has 0 aliphatic rings. The molecule has 0 bridgehead atoms. The third-order valence-electron chi connectivity index (χ3n) is 12.0. The molecule has 3 N–H and O–H groups in total. The highest BCUT2D eigenvalue weighted by Crippen LogP contribution is 2.18. The highest BCUT2D eigenvalue weighted by Gasteiger charge is 2.24. The maximum Gasteiger partial charge on any atom is 0.306 e. The van der Waals surface area contributed by atoms with Crippen LogP contribution in [0.3, 0.4) is 0 Å². The minimum absolute atomic E-state index is 0.0583. The second kappa shape index (κ2) is 48.1. The quantitative estimate of drug-likeness (QED) is 0.0322. The molecule has 0 heterocycles. The minimum atomic E-state index is -0.794. The van der Waals surface area contributed by atoms with E-state index in [1.165, 1.54) is 154 Å². The summed E-state index contributed by atoms with van der Waals surface area (Å²) in [6, 6.07) is -0.709. The maximum absolute atomic E-state index is 13.2. The Morgan fingerprint density at radius 1 is 0.500 bits per heavy atom. The van der Waals surface area contributed by atoms with E-state index in [0.717, 1.165) is 70.6 Å². The standard InChI is InChI=1S/C54H101NO5/c1-4-7-10-13-16-19-22-24-26-28-31-34-37-40-43-46-52(57)51(49-56)55-53(58)48-50(45-42-39-36-33-30-21-18-15-12-9-6-3)60-54(59)47-44-41-38-35-32-29-27-25-23-20-17-14-11-8-5-2/h9,12,15,18,21,30,50-52,56-57H,4-8,10-11,13-14,16-17,19-20,22-29,31-49H2,1-3H3,(H,55,58)/b12-9+,18-15+,30-21-. The average molecular weight is 844 g/mol.